The van der Waals surface area contributed by atoms with Gasteiger partial charge in [-0.3, -0.25) is 5.10 Å². The third-order valence-electron chi connectivity index (χ3n) is 2.90. The second-order valence-corrected chi connectivity index (χ2v) is 4.06. The average molecular weight is 209 g/mol. The van der Waals surface area contributed by atoms with Crippen LogP contribution in [0.2, 0.25) is 0 Å². The standard InChI is InChI=1S/C11H19N3O/c12-6-3-4-9-8-13-14-11(9)10-5-1-2-7-15-10/h8,10H,1-7,12H2,(H,13,14). The van der Waals surface area contributed by atoms with Crippen LogP contribution in [0.25, 0.3) is 0 Å². The molecule has 1 saturated heterocycles. The van der Waals surface area contributed by atoms with Crippen LogP contribution in [0, 0.1) is 0 Å². The summed E-state index contributed by atoms with van der Waals surface area (Å²) in [7, 11) is 0. The molecule has 2 heterocycles. The second-order valence-electron chi connectivity index (χ2n) is 4.06. The molecule has 3 N–H and O–H groups in total. The number of nitrogens with zero attached hydrogens (tertiary/aromatic N) is 1. The van der Waals surface area contributed by atoms with Crippen LogP contribution >= 0.6 is 0 Å². The van der Waals surface area contributed by atoms with Crippen molar-refractivity contribution >= 4 is 0 Å². The van der Waals surface area contributed by atoms with E-state index in [2.05, 4.69) is 10.2 Å². The molecule has 1 aromatic rings. The first-order chi connectivity index (χ1) is 7.42. The van der Waals surface area contributed by atoms with E-state index in [1.54, 1.807) is 0 Å². The zero-order valence-electron chi connectivity index (χ0n) is 9.04. The lowest BCUT2D eigenvalue weighted by Crippen LogP contribution is -2.13. The lowest BCUT2D eigenvalue weighted by molar-refractivity contribution is 0.0118. The van der Waals surface area contributed by atoms with Gasteiger partial charge in [0.25, 0.3) is 0 Å². The number of rotatable bonds is 4. The van der Waals surface area contributed by atoms with E-state index in [0.29, 0.717) is 0 Å². The predicted molar refractivity (Wildman–Crippen MR) is 58.5 cm³/mol. The molecule has 1 unspecified atom stereocenters. The van der Waals surface area contributed by atoms with E-state index in [9.17, 15) is 0 Å². The fraction of sp³-hybridized carbons (Fsp3) is 0.727. The summed E-state index contributed by atoms with van der Waals surface area (Å²) in [5.74, 6) is 0. The Hall–Kier alpha value is -0.870. The van der Waals surface area contributed by atoms with Gasteiger partial charge in [0.2, 0.25) is 0 Å². The highest BCUT2D eigenvalue weighted by molar-refractivity contribution is 5.19. The minimum Gasteiger partial charge on any atom is -0.372 e. The maximum absolute atomic E-state index is 5.74. The van der Waals surface area contributed by atoms with Crippen LogP contribution in [0.1, 0.15) is 43.0 Å². The largest absolute Gasteiger partial charge is 0.372 e. The highest BCUT2D eigenvalue weighted by atomic mass is 16.5. The number of hydrogen-bond donors (Lipinski definition) is 2. The van der Waals surface area contributed by atoms with Crippen LogP contribution in [0.5, 0.6) is 0 Å². The monoisotopic (exact) mass is 209 g/mol. The summed E-state index contributed by atoms with van der Waals surface area (Å²) in [4.78, 5) is 0. The fourth-order valence-electron chi connectivity index (χ4n) is 2.06. The van der Waals surface area contributed by atoms with Crippen molar-refractivity contribution in [3.63, 3.8) is 0 Å². The summed E-state index contributed by atoms with van der Waals surface area (Å²) in [5, 5.41) is 7.17. The fourth-order valence-corrected chi connectivity index (χ4v) is 2.06. The summed E-state index contributed by atoms with van der Waals surface area (Å²) in [6.45, 7) is 1.61. The van der Waals surface area contributed by atoms with Crippen LogP contribution in [0.4, 0.5) is 0 Å². The molecule has 4 nitrogen and oxygen atoms in total. The number of nitrogens with one attached hydrogen (secondary N) is 1. The molecule has 1 atom stereocenters. The molecular weight excluding hydrogens is 190 g/mol. The number of hydrogen-bond acceptors (Lipinski definition) is 3. The summed E-state index contributed by atoms with van der Waals surface area (Å²) in [6, 6.07) is 0. The van der Waals surface area contributed by atoms with Crippen LogP contribution in [-0.2, 0) is 11.2 Å². The molecule has 15 heavy (non-hydrogen) atoms. The van der Waals surface area contributed by atoms with Gasteiger partial charge in [0.05, 0.1) is 18.0 Å². The Balaban J connectivity index is 2.02. The lowest BCUT2D eigenvalue weighted by atomic mass is 10.0. The first kappa shape index (κ1) is 10.6. The molecule has 1 aromatic heterocycles. The van der Waals surface area contributed by atoms with Crippen LogP contribution in [0.15, 0.2) is 6.20 Å². The highest BCUT2D eigenvalue weighted by Crippen LogP contribution is 2.28. The van der Waals surface area contributed by atoms with Gasteiger partial charge >= 0.3 is 0 Å². The summed E-state index contributed by atoms with van der Waals surface area (Å²) in [5.41, 5.74) is 7.95. The van der Waals surface area contributed by atoms with E-state index in [-0.39, 0.29) is 6.10 Å². The quantitative estimate of drug-likeness (QED) is 0.790. The van der Waals surface area contributed by atoms with Gasteiger partial charge < -0.3 is 10.5 Å². The third kappa shape index (κ3) is 2.58. The highest BCUT2D eigenvalue weighted by Gasteiger charge is 2.20. The van der Waals surface area contributed by atoms with Crippen molar-refractivity contribution in [2.75, 3.05) is 13.2 Å². The van der Waals surface area contributed by atoms with Gasteiger partial charge in [0, 0.05) is 6.61 Å². The third-order valence-corrected chi connectivity index (χ3v) is 2.90. The first-order valence-corrected chi connectivity index (χ1v) is 5.75. The molecular formula is C11H19N3O. The van der Waals surface area contributed by atoms with Crippen molar-refractivity contribution in [3.8, 4) is 0 Å². The molecule has 0 spiro atoms. The lowest BCUT2D eigenvalue weighted by Gasteiger charge is -2.22. The average Bonchev–Trinajstić information content (AvgIpc) is 2.75. The smallest absolute Gasteiger partial charge is 0.0991 e. The number of aromatic amines is 1. The molecule has 2 rings (SSSR count). The van der Waals surface area contributed by atoms with Crippen LogP contribution in [-0.4, -0.2) is 23.3 Å². The Bertz CT molecular complexity index is 292. The van der Waals surface area contributed by atoms with E-state index >= 15 is 0 Å². The number of nitrogens with two attached hydrogens (primary N) is 1. The number of H-pyrrole nitrogens is 1. The molecule has 4 heteroatoms. The topological polar surface area (TPSA) is 63.9 Å². The molecule has 0 saturated carbocycles. The van der Waals surface area contributed by atoms with E-state index < -0.39 is 0 Å². The number of ether oxygens (including phenoxy) is 1. The normalized spacial score (nSPS) is 21.8. The van der Waals surface area contributed by atoms with Gasteiger partial charge in [0.1, 0.15) is 0 Å². The van der Waals surface area contributed by atoms with Crippen LogP contribution < -0.4 is 5.73 Å². The van der Waals surface area contributed by atoms with Gasteiger partial charge in [-0.15, -0.1) is 0 Å². The molecule has 0 amide bonds. The van der Waals surface area contributed by atoms with E-state index in [1.807, 2.05) is 6.20 Å². The summed E-state index contributed by atoms with van der Waals surface area (Å²) >= 11 is 0. The zero-order valence-corrected chi connectivity index (χ0v) is 9.04. The van der Waals surface area contributed by atoms with Gasteiger partial charge in [-0.2, -0.15) is 5.10 Å². The molecule has 0 bridgehead atoms. The van der Waals surface area contributed by atoms with Gasteiger partial charge in [0.15, 0.2) is 0 Å². The van der Waals surface area contributed by atoms with Gasteiger partial charge in [-0.05, 0) is 44.2 Å². The Kier molecular flexibility index (Phi) is 3.75. The van der Waals surface area contributed by atoms with Crippen molar-refractivity contribution in [2.45, 2.75) is 38.2 Å². The van der Waals surface area contributed by atoms with Crippen molar-refractivity contribution in [1.29, 1.82) is 0 Å². The first-order valence-electron chi connectivity index (χ1n) is 5.75. The van der Waals surface area contributed by atoms with Crippen molar-refractivity contribution < 1.29 is 4.74 Å². The Morgan fingerprint density at radius 3 is 3.20 bits per heavy atom. The van der Waals surface area contributed by atoms with Crippen molar-refractivity contribution in [1.82, 2.24) is 10.2 Å². The molecule has 0 aromatic carbocycles. The molecule has 84 valence electrons. The Labute approximate surface area is 90.2 Å². The maximum atomic E-state index is 5.74. The predicted octanol–water partition coefficient (Wildman–Crippen LogP) is 1.54. The van der Waals surface area contributed by atoms with Crippen LogP contribution in [0.3, 0.4) is 0 Å². The summed E-state index contributed by atoms with van der Waals surface area (Å²) in [6.07, 6.45) is 7.69. The Morgan fingerprint density at radius 1 is 1.53 bits per heavy atom. The molecule has 0 aliphatic carbocycles. The SMILES string of the molecule is NCCCc1cn[nH]c1C1CCCCO1. The molecule has 1 fully saturated rings. The zero-order chi connectivity index (χ0) is 10.5. The van der Waals surface area contributed by atoms with Crippen molar-refractivity contribution in [2.24, 2.45) is 5.73 Å². The van der Waals surface area contributed by atoms with E-state index in [4.69, 9.17) is 10.5 Å². The minimum atomic E-state index is 0.231. The molecule has 1 aliphatic rings. The molecule has 0 radical (unpaired) electrons. The van der Waals surface area contributed by atoms with Gasteiger partial charge in [-0.25, -0.2) is 0 Å². The minimum absolute atomic E-state index is 0.231. The summed E-state index contributed by atoms with van der Waals surface area (Å²) < 4.78 is 5.74. The van der Waals surface area contributed by atoms with E-state index in [1.165, 1.54) is 24.1 Å². The van der Waals surface area contributed by atoms with Crippen molar-refractivity contribution in [3.05, 3.63) is 17.5 Å². The van der Waals surface area contributed by atoms with Gasteiger partial charge in [-0.1, -0.05) is 0 Å². The number of aromatic nitrogens is 2. The second kappa shape index (κ2) is 5.28. The van der Waals surface area contributed by atoms with E-state index in [0.717, 1.165) is 32.4 Å². The maximum Gasteiger partial charge on any atom is 0.0991 e. The molecule has 1 aliphatic heterocycles. The Morgan fingerprint density at radius 2 is 2.47 bits per heavy atom. The number of aryl methyl sites for hydroxylation is 1.